The molecule has 3 heterocycles. The second kappa shape index (κ2) is 13.0. The van der Waals surface area contributed by atoms with Crippen molar-refractivity contribution in [2.75, 3.05) is 31.1 Å². The first kappa shape index (κ1) is 29.8. The van der Waals surface area contributed by atoms with Crippen LogP contribution in [-0.2, 0) is 17.9 Å². The van der Waals surface area contributed by atoms with E-state index in [0.29, 0.717) is 28.8 Å². The van der Waals surface area contributed by atoms with Crippen LogP contribution in [0.25, 0.3) is 22.3 Å². The summed E-state index contributed by atoms with van der Waals surface area (Å²) in [5.74, 6) is 4.04. The molecule has 0 unspecified atom stereocenters. The van der Waals surface area contributed by atoms with Crippen molar-refractivity contribution in [2.45, 2.75) is 26.2 Å². The van der Waals surface area contributed by atoms with Gasteiger partial charge >= 0.3 is 12.1 Å². The Labute approximate surface area is 238 Å². The van der Waals surface area contributed by atoms with E-state index in [9.17, 15) is 23.2 Å². The van der Waals surface area contributed by atoms with Crippen LogP contribution in [0.3, 0.4) is 0 Å². The predicted octanol–water partition coefficient (Wildman–Crippen LogP) is 3.25. The summed E-state index contributed by atoms with van der Waals surface area (Å²) < 4.78 is 35.1. The number of halogens is 3. The molecule has 42 heavy (non-hydrogen) atoms. The van der Waals surface area contributed by atoms with E-state index in [-0.39, 0.29) is 12.1 Å². The Morgan fingerprint density at radius 1 is 1.10 bits per heavy atom. The first-order valence-corrected chi connectivity index (χ1v) is 12.9. The number of carbonyl (C=O) groups is 1. The number of imidazole rings is 1. The number of piperazine rings is 1. The van der Waals surface area contributed by atoms with Crippen molar-refractivity contribution in [1.82, 2.24) is 24.6 Å². The maximum atomic E-state index is 13.9. The highest BCUT2D eigenvalue weighted by molar-refractivity contribution is 5.91. The van der Waals surface area contributed by atoms with Gasteiger partial charge in [-0.15, -0.1) is 5.92 Å². The Hall–Kier alpha value is -5.14. The molecule has 0 spiro atoms. The van der Waals surface area contributed by atoms with Crippen LogP contribution < -0.4 is 15.8 Å². The van der Waals surface area contributed by atoms with Gasteiger partial charge in [0, 0.05) is 31.7 Å². The number of nitrogens with one attached hydrogen (secondary N) is 1. The number of nitrogens with zero attached hydrogens (tertiary/aromatic N) is 6. The van der Waals surface area contributed by atoms with E-state index in [1.54, 1.807) is 13.0 Å². The van der Waals surface area contributed by atoms with Crippen molar-refractivity contribution in [3.8, 4) is 29.2 Å². The van der Waals surface area contributed by atoms with Gasteiger partial charge in [-0.25, -0.2) is 14.5 Å². The molecule has 10 nitrogen and oxygen atoms in total. The van der Waals surface area contributed by atoms with Gasteiger partial charge in [0.1, 0.15) is 16.7 Å². The van der Waals surface area contributed by atoms with Crippen LogP contribution in [0.5, 0.6) is 0 Å². The van der Waals surface area contributed by atoms with Gasteiger partial charge in [0.05, 0.1) is 24.7 Å². The summed E-state index contributed by atoms with van der Waals surface area (Å²) in [6.45, 7) is 5.61. The van der Waals surface area contributed by atoms with Crippen LogP contribution in [0.2, 0.25) is 0 Å². The van der Waals surface area contributed by atoms with Gasteiger partial charge < -0.3 is 15.3 Å². The third-order valence-electron chi connectivity index (χ3n) is 6.39. The van der Waals surface area contributed by atoms with E-state index in [2.05, 4.69) is 28.1 Å². The smallest absolute Gasteiger partial charge is 0.475 e. The second-order valence-corrected chi connectivity index (χ2v) is 9.11. The van der Waals surface area contributed by atoms with E-state index < -0.39 is 12.1 Å². The quantitative estimate of drug-likeness (QED) is 0.346. The average Bonchev–Trinajstić information content (AvgIpc) is 3.38. The number of fused-ring (bicyclic) bond motifs is 1. The lowest BCUT2D eigenvalue weighted by atomic mass is 10.1. The van der Waals surface area contributed by atoms with Crippen molar-refractivity contribution in [2.24, 2.45) is 0 Å². The summed E-state index contributed by atoms with van der Waals surface area (Å²) in [7, 11) is 0. The second-order valence-electron chi connectivity index (χ2n) is 9.11. The fourth-order valence-electron chi connectivity index (χ4n) is 4.40. The van der Waals surface area contributed by atoms with Gasteiger partial charge in [-0.1, -0.05) is 54.5 Å². The first-order chi connectivity index (χ1) is 20.2. The van der Waals surface area contributed by atoms with Crippen LogP contribution in [-0.4, -0.2) is 62.8 Å². The predicted molar refractivity (Wildman–Crippen MR) is 150 cm³/mol. The Bertz CT molecular complexity index is 1740. The third kappa shape index (κ3) is 6.59. The first-order valence-electron chi connectivity index (χ1n) is 12.9. The number of hydrogen-bond donors (Lipinski definition) is 2. The van der Waals surface area contributed by atoms with Crippen LogP contribution >= 0.6 is 0 Å². The largest absolute Gasteiger partial charge is 0.490 e. The lowest BCUT2D eigenvalue weighted by molar-refractivity contribution is -0.192. The Kier molecular flexibility index (Phi) is 9.25. The topological polar surface area (TPSA) is 129 Å². The molecule has 0 radical (unpaired) electrons. The molecule has 216 valence electrons. The fourth-order valence-corrected chi connectivity index (χ4v) is 4.40. The summed E-state index contributed by atoms with van der Waals surface area (Å²) in [5.41, 5.74) is 3.56. The zero-order valence-electron chi connectivity index (χ0n) is 22.5. The van der Waals surface area contributed by atoms with E-state index in [4.69, 9.17) is 20.0 Å². The fraction of sp³-hybridized carbons (Fsp3) is 0.276. The highest BCUT2D eigenvalue weighted by Crippen LogP contribution is 2.28. The number of aromatic nitrogens is 4. The van der Waals surface area contributed by atoms with Crippen LogP contribution in [0, 0.1) is 23.2 Å². The van der Waals surface area contributed by atoms with Crippen molar-refractivity contribution >= 4 is 23.0 Å². The molecule has 2 aromatic carbocycles. The number of rotatable bonds is 5. The molecule has 0 atom stereocenters. The zero-order chi connectivity index (χ0) is 30.3. The minimum absolute atomic E-state index is 0.186. The standard InChI is InChI=1S/C27H25N7O.C2HF3O2/c1-2-3-15-33-25-24(30-27(33)32-16-13-29-14-17-32)23(20-9-5-4-6-10-20)31-34(26(25)35)19-22-12-8-7-11-21(22)18-28;3-2(4,5)1(6)7/h4-12,29H,13-17,19H2,1H3;(H,6,7). The molecule has 13 heteroatoms. The molecule has 4 aromatic rings. The van der Waals surface area contributed by atoms with E-state index in [0.717, 1.165) is 43.3 Å². The zero-order valence-corrected chi connectivity index (χ0v) is 22.5. The highest BCUT2D eigenvalue weighted by Gasteiger charge is 2.38. The molecular formula is C29H26F3N7O3. The molecule has 0 saturated carbocycles. The number of nitriles is 1. The maximum absolute atomic E-state index is 13.9. The molecule has 1 fully saturated rings. The molecule has 2 aromatic heterocycles. The SMILES string of the molecule is CC#CCn1c(N2CCNCC2)nc2c(-c3ccccc3)nn(Cc3ccccc3C#N)c(=O)c21.O=C(O)C(F)(F)F. The lowest BCUT2D eigenvalue weighted by Crippen LogP contribution is -2.44. The van der Waals surface area contributed by atoms with Crippen LogP contribution in [0.1, 0.15) is 18.1 Å². The number of alkyl halides is 3. The number of aliphatic carboxylic acids is 1. The van der Waals surface area contributed by atoms with Crippen molar-refractivity contribution in [3.63, 3.8) is 0 Å². The van der Waals surface area contributed by atoms with E-state index >= 15 is 0 Å². The molecule has 0 aliphatic carbocycles. The van der Waals surface area contributed by atoms with Gasteiger partial charge in [0.2, 0.25) is 5.95 Å². The molecule has 1 aliphatic rings. The molecule has 0 bridgehead atoms. The summed E-state index contributed by atoms with van der Waals surface area (Å²) in [6.07, 6.45) is -5.08. The normalized spacial score (nSPS) is 13.0. The lowest BCUT2D eigenvalue weighted by Gasteiger charge is -2.28. The van der Waals surface area contributed by atoms with Gasteiger partial charge in [-0.3, -0.25) is 9.36 Å². The van der Waals surface area contributed by atoms with Crippen molar-refractivity contribution < 1.29 is 23.1 Å². The Balaban J connectivity index is 0.000000517. The van der Waals surface area contributed by atoms with Crippen molar-refractivity contribution in [3.05, 3.63) is 76.1 Å². The number of carboxylic acid groups (broad SMARTS) is 1. The maximum Gasteiger partial charge on any atom is 0.490 e. The van der Waals surface area contributed by atoms with Crippen molar-refractivity contribution in [1.29, 1.82) is 5.26 Å². The number of carboxylic acids is 1. The van der Waals surface area contributed by atoms with Gasteiger partial charge in [-0.05, 0) is 18.6 Å². The molecule has 1 saturated heterocycles. The highest BCUT2D eigenvalue weighted by atomic mass is 19.4. The van der Waals surface area contributed by atoms with Gasteiger partial charge in [-0.2, -0.15) is 23.5 Å². The minimum Gasteiger partial charge on any atom is -0.475 e. The summed E-state index contributed by atoms with van der Waals surface area (Å²) >= 11 is 0. The molecule has 1 aliphatic heterocycles. The molecule has 2 N–H and O–H groups in total. The van der Waals surface area contributed by atoms with Crippen LogP contribution in [0.4, 0.5) is 19.1 Å². The minimum atomic E-state index is -5.08. The monoisotopic (exact) mass is 577 g/mol. The van der Waals surface area contributed by atoms with Gasteiger partial charge in [0.15, 0.2) is 0 Å². The Morgan fingerprint density at radius 3 is 2.36 bits per heavy atom. The number of benzene rings is 2. The third-order valence-corrected chi connectivity index (χ3v) is 6.39. The summed E-state index contributed by atoms with van der Waals surface area (Å²) in [6, 6.07) is 19.3. The van der Waals surface area contributed by atoms with Crippen LogP contribution in [0.15, 0.2) is 59.4 Å². The Morgan fingerprint density at radius 2 is 1.74 bits per heavy atom. The average molecular weight is 578 g/mol. The molecule has 5 rings (SSSR count). The summed E-state index contributed by atoms with van der Waals surface area (Å²) in [4.78, 5) is 29.9. The number of hydrogen-bond acceptors (Lipinski definition) is 7. The van der Waals surface area contributed by atoms with E-state index in [1.807, 2.05) is 53.1 Å². The summed E-state index contributed by atoms with van der Waals surface area (Å²) in [5, 5.41) is 24.8. The molecular weight excluding hydrogens is 551 g/mol. The molecule has 0 amide bonds. The van der Waals surface area contributed by atoms with Gasteiger partial charge in [0.25, 0.3) is 5.56 Å². The van der Waals surface area contributed by atoms with E-state index in [1.165, 1.54) is 4.68 Å². The number of anilines is 1.